The summed E-state index contributed by atoms with van der Waals surface area (Å²) in [4.78, 5) is 22.5. The van der Waals surface area contributed by atoms with E-state index < -0.39 is 23.2 Å². The molecule has 0 aromatic carbocycles. The predicted molar refractivity (Wildman–Crippen MR) is 54.8 cm³/mol. The first-order chi connectivity index (χ1) is 6.82. The van der Waals surface area contributed by atoms with Crippen molar-refractivity contribution in [3.8, 4) is 12.3 Å². The summed E-state index contributed by atoms with van der Waals surface area (Å²) in [6.45, 7) is 5.23. The fraction of sp³-hybridized carbons (Fsp3) is 0.636. The zero-order valence-corrected chi connectivity index (χ0v) is 9.07. The molecule has 0 spiro atoms. The molecule has 2 N–H and O–H groups in total. The Morgan fingerprint density at radius 1 is 1.47 bits per heavy atom. The number of aliphatic carboxylic acids is 1. The quantitative estimate of drug-likeness (QED) is 0.664. The number of terminal acetylenes is 1. The first-order valence-electron chi connectivity index (χ1n) is 4.81. The van der Waals surface area contributed by atoms with E-state index in [2.05, 4.69) is 11.2 Å². The molecule has 82 valence electrons. The summed E-state index contributed by atoms with van der Waals surface area (Å²) in [7, 11) is 0. The molecule has 0 radical (unpaired) electrons. The normalized spacial score (nSPS) is 28.7. The molecule has 1 saturated carbocycles. The summed E-state index contributed by atoms with van der Waals surface area (Å²) in [6, 6.07) is -0.358. The molecule has 15 heavy (non-hydrogen) atoms. The number of carbonyl (C=O) groups excluding carboxylic acids is 1. The molecule has 0 saturated heterocycles. The van der Waals surface area contributed by atoms with Gasteiger partial charge < -0.3 is 10.4 Å². The SMILES string of the molecule is C#CC(C)NC(=O)[C@@H]1[C@H](C(=O)O)C1(C)C. The van der Waals surface area contributed by atoms with Crippen LogP contribution in [0.2, 0.25) is 0 Å². The fourth-order valence-electron chi connectivity index (χ4n) is 1.93. The average molecular weight is 209 g/mol. The molecule has 0 bridgehead atoms. The second-order valence-electron chi connectivity index (χ2n) is 4.51. The molecule has 4 nitrogen and oxygen atoms in total. The van der Waals surface area contributed by atoms with Crippen molar-refractivity contribution in [3.05, 3.63) is 0 Å². The van der Waals surface area contributed by atoms with Gasteiger partial charge in [-0.3, -0.25) is 9.59 Å². The van der Waals surface area contributed by atoms with E-state index in [1.54, 1.807) is 20.8 Å². The Kier molecular flexibility index (Phi) is 2.76. The largest absolute Gasteiger partial charge is 0.481 e. The Morgan fingerprint density at radius 3 is 2.33 bits per heavy atom. The highest BCUT2D eigenvalue weighted by Crippen LogP contribution is 2.58. The van der Waals surface area contributed by atoms with Crippen LogP contribution in [0.5, 0.6) is 0 Å². The monoisotopic (exact) mass is 209 g/mol. The third kappa shape index (κ3) is 1.96. The number of amides is 1. The van der Waals surface area contributed by atoms with Crippen LogP contribution in [0.25, 0.3) is 0 Å². The van der Waals surface area contributed by atoms with Crippen molar-refractivity contribution in [2.24, 2.45) is 17.3 Å². The van der Waals surface area contributed by atoms with Crippen LogP contribution in [-0.4, -0.2) is 23.0 Å². The second-order valence-corrected chi connectivity index (χ2v) is 4.51. The lowest BCUT2D eigenvalue weighted by molar-refractivity contribution is -0.140. The van der Waals surface area contributed by atoms with Crippen molar-refractivity contribution in [2.45, 2.75) is 26.8 Å². The number of carboxylic acids is 1. The van der Waals surface area contributed by atoms with Gasteiger partial charge in [-0.15, -0.1) is 6.42 Å². The molecule has 1 fully saturated rings. The number of hydrogen-bond acceptors (Lipinski definition) is 2. The minimum absolute atomic E-state index is 0.266. The highest BCUT2D eigenvalue weighted by Gasteiger charge is 2.65. The van der Waals surface area contributed by atoms with Gasteiger partial charge >= 0.3 is 5.97 Å². The molecule has 1 aliphatic carbocycles. The minimum atomic E-state index is -0.923. The summed E-state index contributed by atoms with van der Waals surface area (Å²) in [6.07, 6.45) is 5.12. The maximum absolute atomic E-state index is 11.6. The average Bonchev–Trinajstić information content (AvgIpc) is 2.68. The van der Waals surface area contributed by atoms with Crippen LogP contribution >= 0.6 is 0 Å². The zero-order chi connectivity index (χ0) is 11.8. The lowest BCUT2D eigenvalue weighted by atomic mass is 10.1. The predicted octanol–water partition coefficient (Wildman–Crippen LogP) is 0.481. The van der Waals surface area contributed by atoms with E-state index in [-0.39, 0.29) is 11.9 Å². The van der Waals surface area contributed by atoms with Crippen LogP contribution in [0.3, 0.4) is 0 Å². The van der Waals surface area contributed by atoms with Crippen LogP contribution in [-0.2, 0) is 9.59 Å². The van der Waals surface area contributed by atoms with Crippen LogP contribution in [0.15, 0.2) is 0 Å². The van der Waals surface area contributed by atoms with Gasteiger partial charge in [0.05, 0.1) is 17.9 Å². The highest BCUT2D eigenvalue weighted by molar-refractivity contribution is 5.91. The van der Waals surface area contributed by atoms with E-state index in [4.69, 9.17) is 11.5 Å². The first-order valence-corrected chi connectivity index (χ1v) is 4.81. The van der Waals surface area contributed by atoms with Gasteiger partial charge in [-0.25, -0.2) is 0 Å². The summed E-state index contributed by atoms with van der Waals surface area (Å²) < 4.78 is 0. The Balaban J connectivity index is 2.65. The molecule has 1 rings (SSSR count). The van der Waals surface area contributed by atoms with E-state index in [9.17, 15) is 9.59 Å². The van der Waals surface area contributed by atoms with Crippen molar-refractivity contribution in [1.29, 1.82) is 0 Å². The zero-order valence-electron chi connectivity index (χ0n) is 9.07. The Morgan fingerprint density at radius 2 is 2.00 bits per heavy atom. The molecule has 1 amide bonds. The van der Waals surface area contributed by atoms with Crippen molar-refractivity contribution < 1.29 is 14.7 Å². The van der Waals surface area contributed by atoms with Crippen LogP contribution < -0.4 is 5.32 Å². The molecule has 0 aromatic heterocycles. The van der Waals surface area contributed by atoms with Crippen molar-refractivity contribution in [1.82, 2.24) is 5.32 Å². The second kappa shape index (κ2) is 3.58. The van der Waals surface area contributed by atoms with E-state index in [0.717, 1.165) is 0 Å². The molecule has 1 aliphatic rings. The molecule has 1 unspecified atom stereocenters. The van der Waals surface area contributed by atoms with E-state index >= 15 is 0 Å². The van der Waals surface area contributed by atoms with Crippen LogP contribution in [0.1, 0.15) is 20.8 Å². The fourth-order valence-corrected chi connectivity index (χ4v) is 1.93. The number of nitrogens with one attached hydrogen (secondary N) is 1. The lowest BCUT2D eigenvalue weighted by Gasteiger charge is -2.07. The highest BCUT2D eigenvalue weighted by atomic mass is 16.4. The number of hydrogen-bond donors (Lipinski definition) is 2. The van der Waals surface area contributed by atoms with E-state index in [1.807, 2.05) is 0 Å². The molecular formula is C11H15NO3. The van der Waals surface area contributed by atoms with Gasteiger partial charge in [0.2, 0.25) is 5.91 Å². The van der Waals surface area contributed by atoms with Gasteiger partial charge in [0.25, 0.3) is 0 Å². The maximum atomic E-state index is 11.6. The van der Waals surface area contributed by atoms with Crippen molar-refractivity contribution in [2.75, 3.05) is 0 Å². The van der Waals surface area contributed by atoms with Gasteiger partial charge in [0.15, 0.2) is 0 Å². The topological polar surface area (TPSA) is 66.4 Å². The van der Waals surface area contributed by atoms with Gasteiger partial charge in [0.1, 0.15) is 0 Å². The Hall–Kier alpha value is -1.50. The van der Waals surface area contributed by atoms with E-state index in [0.29, 0.717) is 0 Å². The molecule has 4 heteroatoms. The van der Waals surface area contributed by atoms with Crippen molar-refractivity contribution >= 4 is 11.9 Å². The number of carbonyl (C=O) groups is 2. The third-order valence-corrected chi connectivity index (χ3v) is 2.98. The molecule has 0 aromatic rings. The Bertz CT molecular complexity index is 340. The molecular weight excluding hydrogens is 194 g/mol. The van der Waals surface area contributed by atoms with Crippen LogP contribution in [0.4, 0.5) is 0 Å². The Labute approximate surface area is 89.0 Å². The summed E-state index contributed by atoms with van der Waals surface area (Å²) in [5.41, 5.74) is -0.468. The standard InChI is InChI=1S/C11H15NO3/c1-5-6(2)12-9(13)7-8(10(14)15)11(7,3)4/h1,6-8H,2-4H3,(H,12,13)(H,14,15)/t6?,7-,8+/m0/s1. The van der Waals surface area contributed by atoms with Gasteiger partial charge in [-0.1, -0.05) is 19.8 Å². The first kappa shape index (κ1) is 11.6. The third-order valence-electron chi connectivity index (χ3n) is 2.98. The summed E-state index contributed by atoms with van der Waals surface area (Å²) >= 11 is 0. The minimum Gasteiger partial charge on any atom is -0.481 e. The maximum Gasteiger partial charge on any atom is 0.307 e. The summed E-state index contributed by atoms with van der Waals surface area (Å²) in [5, 5.41) is 11.5. The van der Waals surface area contributed by atoms with Crippen molar-refractivity contribution in [3.63, 3.8) is 0 Å². The van der Waals surface area contributed by atoms with Gasteiger partial charge in [0, 0.05) is 0 Å². The van der Waals surface area contributed by atoms with Gasteiger partial charge in [-0.05, 0) is 12.3 Å². The molecule has 3 atom stereocenters. The molecule has 0 heterocycles. The lowest BCUT2D eigenvalue weighted by Crippen LogP contribution is -2.34. The van der Waals surface area contributed by atoms with E-state index in [1.165, 1.54) is 0 Å². The number of rotatable bonds is 3. The molecule has 0 aliphatic heterocycles. The number of carboxylic acid groups (broad SMARTS) is 1. The van der Waals surface area contributed by atoms with Crippen LogP contribution in [0, 0.1) is 29.6 Å². The van der Waals surface area contributed by atoms with Gasteiger partial charge in [-0.2, -0.15) is 0 Å². The summed E-state index contributed by atoms with van der Waals surface area (Å²) in [5.74, 6) is 0.120. The smallest absolute Gasteiger partial charge is 0.307 e.